The van der Waals surface area contributed by atoms with Crippen LogP contribution in [0.2, 0.25) is 5.02 Å². The summed E-state index contributed by atoms with van der Waals surface area (Å²) in [5.74, 6) is -1.19. The molecule has 0 saturated carbocycles. The Kier molecular flexibility index (Phi) is 4.77. The van der Waals surface area contributed by atoms with E-state index in [1.807, 2.05) is 0 Å². The molecule has 0 atom stereocenters. The van der Waals surface area contributed by atoms with Crippen LogP contribution in [0, 0.1) is 0 Å². The summed E-state index contributed by atoms with van der Waals surface area (Å²) < 4.78 is 60.7. The van der Waals surface area contributed by atoms with Gasteiger partial charge in [-0.15, -0.1) is 0 Å². The highest BCUT2D eigenvalue weighted by molar-refractivity contribution is 7.92. The van der Waals surface area contributed by atoms with Crippen molar-refractivity contribution in [3.63, 3.8) is 0 Å². The van der Waals surface area contributed by atoms with Gasteiger partial charge in [-0.2, -0.15) is 13.2 Å². The SMILES string of the molecule is O=C(Nc1cc(Cl)cc(S(=O)(=O)C(F)(F)F)c1)c1ccccc1O. The summed E-state index contributed by atoms with van der Waals surface area (Å²) in [6.45, 7) is 0. The monoisotopic (exact) mass is 379 g/mol. The number of carbonyl (C=O) groups is 1. The number of halogens is 4. The molecule has 5 nitrogen and oxygen atoms in total. The van der Waals surface area contributed by atoms with Crippen molar-refractivity contribution in [1.29, 1.82) is 0 Å². The van der Waals surface area contributed by atoms with Crippen LogP contribution in [-0.4, -0.2) is 24.9 Å². The lowest BCUT2D eigenvalue weighted by molar-refractivity contribution is -0.0435. The zero-order chi connectivity index (χ0) is 18.1. The van der Waals surface area contributed by atoms with Gasteiger partial charge in [0, 0.05) is 10.7 Å². The molecule has 0 unspecified atom stereocenters. The van der Waals surface area contributed by atoms with Gasteiger partial charge >= 0.3 is 5.51 Å². The molecule has 0 fully saturated rings. The highest BCUT2D eigenvalue weighted by Gasteiger charge is 2.47. The average Bonchev–Trinajstić information content (AvgIpc) is 2.45. The van der Waals surface area contributed by atoms with Crippen molar-refractivity contribution < 1.29 is 31.5 Å². The number of hydrogen-bond acceptors (Lipinski definition) is 4. The van der Waals surface area contributed by atoms with Crippen LogP contribution >= 0.6 is 11.6 Å². The van der Waals surface area contributed by atoms with E-state index in [2.05, 4.69) is 5.32 Å². The van der Waals surface area contributed by atoms with Crippen molar-refractivity contribution in [3.8, 4) is 5.75 Å². The quantitative estimate of drug-likeness (QED) is 0.853. The number of carbonyl (C=O) groups excluding carboxylic acids is 1. The van der Waals surface area contributed by atoms with Gasteiger partial charge in [0.1, 0.15) is 5.75 Å². The van der Waals surface area contributed by atoms with Crippen LogP contribution in [0.3, 0.4) is 0 Å². The van der Waals surface area contributed by atoms with Crippen molar-refractivity contribution in [2.45, 2.75) is 10.4 Å². The van der Waals surface area contributed by atoms with Crippen LogP contribution in [0.15, 0.2) is 47.4 Å². The van der Waals surface area contributed by atoms with Crippen LogP contribution < -0.4 is 5.32 Å². The molecular formula is C14H9ClF3NO4S. The van der Waals surface area contributed by atoms with E-state index in [1.54, 1.807) is 0 Å². The van der Waals surface area contributed by atoms with Crippen LogP contribution in [-0.2, 0) is 9.84 Å². The number of anilines is 1. The molecule has 128 valence electrons. The first-order valence-electron chi connectivity index (χ1n) is 6.23. The molecule has 0 bridgehead atoms. The van der Waals surface area contributed by atoms with Gasteiger partial charge in [-0.1, -0.05) is 23.7 Å². The number of rotatable bonds is 3. The van der Waals surface area contributed by atoms with Crippen LogP contribution in [0.5, 0.6) is 5.75 Å². The molecule has 0 aliphatic rings. The summed E-state index contributed by atoms with van der Waals surface area (Å²) in [6, 6.07) is 7.79. The highest BCUT2D eigenvalue weighted by atomic mass is 35.5. The first-order valence-corrected chi connectivity index (χ1v) is 8.10. The Bertz CT molecular complexity index is 897. The molecule has 0 spiro atoms. The summed E-state index contributed by atoms with van der Waals surface area (Å²) in [5, 5.41) is 11.4. The van der Waals surface area contributed by atoms with Crippen molar-refractivity contribution in [2.24, 2.45) is 0 Å². The summed E-state index contributed by atoms with van der Waals surface area (Å²) in [5.41, 5.74) is -5.91. The Labute approximate surface area is 139 Å². The minimum absolute atomic E-state index is 0.141. The summed E-state index contributed by atoms with van der Waals surface area (Å²) in [7, 11) is -5.62. The summed E-state index contributed by atoms with van der Waals surface area (Å²) in [6.07, 6.45) is 0. The Balaban J connectivity index is 2.40. The Morgan fingerprint density at radius 3 is 2.33 bits per heavy atom. The second kappa shape index (κ2) is 6.33. The standard InChI is InChI=1S/C14H9ClF3NO4S/c15-8-5-9(7-10(6-8)24(22,23)14(16,17)18)19-13(21)11-3-1-2-4-12(11)20/h1-7,20H,(H,19,21). The van der Waals surface area contributed by atoms with E-state index in [1.165, 1.54) is 24.3 Å². The zero-order valence-corrected chi connectivity index (χ0v) is 13.2. The molecule has 0 aliphatic heterocycles. The van der Waals surface area contributed by atoms with Crippen molar-refractivity contribution in [1.82, 2.24) is 0 Å². The lowest BCUT2D eigenvalue weighted by Gasteiger charge is -2.11. The van der Waals surface area contributed by atoms with Gasteiger partial charge in [0.2, 0.25) is 0 Å². The molecule has 10 heteroatoms. The van der Waals surface area contributed by atoms with E-state index in [4.69, 9.17) is 11.6 Å². The Hall–Kier alpha value is -2.26. The maximum Gasteiger partial charge on any atom is 0.501 e. The Morgan fingerprint density at radius 1 is 1.12 bits per heavy atom. The first kappa shape index (κ1) is 18.1. The van der Waals surface area contributed by atoms with Gasteiger partial charge < -0.3 is 10.4 Å². The molecule has 0 heterocycles. The fraction of sp³-hybridized carbons (Fsp3) is 0.0714. The predicted octanol–water partition coefficient (Wildman–Crippen LogP) is 3.59. The molecule has 0 aliphatic carbocycles. The average molecular weight is 380 g/mol. The van der Waals surface area contributed by atoms with Crippen molar-refractivity contribution >= 4 is 33.0 Å². The van der Waals surface area contributed by atoms with E-state index < -0.39 is 26.1 Å². The zero-order valence-electron chi connectivity index (χ0n) is 11.6. The van der Waals surface area contributed by atoms with Crippen LogP contribution in [0.1, 0.15) is 10.4 Å². The molecular weight excluding hydrogens is 371 g/mol. The molecule has 0 saturated heterocycles. The van der Waals surface area contributed by atoms with E-state index in [9.17, 15) is 31.5 Å². The van der Waals surface area contributed by atoms with Crippen molar-refractivity contribution in [3.05, 3.63) is 53.1 Å². The topological polar surface area (TPSA) is 83.5 Å². The maximum atomic E-state index is 12.6. The molecule has 24 heavy (non-hydrogen) atoms. The van der Waals surface area contributed by atoms with Crippen LogP contribution in [0.25, 0.3) is 0 Å². The molecule has 2 aromatic carbocycles. The van der Waals surface area contributed by atoms with Gasteiger partial charge in [-0.3, -0.25) is 4.79 Å². The molecule has 2 N–H and O–H groups in total. The minimum Gasteiger partial charge on any atom is -0.507 e. The number of hydrogen-bond donors (Lipinski definition) is 2. The number of phenolic OH excluding ortho intramolecular Hbond substituents is 1. The van der Waals surface area contributed by atoms with Gasteiger partial charge in [0.05, 0.1) is 10.5 Å². The smallest absolute Gasteiger partial charge is 0.501 e. The normalized spacial score (nSPS) is 12.0. The fourth-order valence-electron chi connectivity index (χ4n) is 1.79. The lowest BCUT2D eigenvalue weighted by Crippen LogP contribution is -2.23. The number of para-hydroxylation sites is 1. The molecule has 2 rings (SSSR count). The largest absolute Gasteiger partial charge is 0.507 e. The van der Waals surface area contributed by atoms with Crippen molar-refractivity contribution in [2.75, 3.05) is 5.32 Å². The molecule has 0 radical (unpaired) electrons. The Morgan fingerprint density at radius 2 is 1.75 bits per heavy atom. The third kappa shape index (κ3) is 3.62. The second-order valence-corrected chi connectivity index (χ2v) is 6.97. The highest BCUT2D eigenvalue weighted by Crippen LogP contribution is 2.33. The number of phenols is 1. The van der Waals surface area contributed by atoms with Gasteiger partial charge in [-0.25, -0.2) is 8.42 Å². The van der Waals surface area contributed by atoms with Gasteiger partial charge in [-0.05, 0) is 30.3 Å². The molecule has 1 amide bonds. The van der Waals surface area contributed by atoms with Gasteiger partial charge in [0.15, 0.2) is 0 Å². The number of aromatic hydroxyl groups is 1. The fourth-order valence-corrected chi connectivity index (χ4v) is 2.92. The third-order valence-corrected chi connectivity index (χ3v) is 4.58. The molecule has 0 aromatic heterocycles. The lowest BCUT2D eigenvalue weighted by atomic mass is 10.2. The minimum atomic E-state index is -5.62. The van der Waals surface area contributed by atoms with E-state index in [0.717, 1.165) is 6.07 Å². The summed E-state index contributed by atoms with van der Waals surface area (Å²) >= 11 is 5.63. The second-order valence-electron chi connectivity index (χ2n) is 4.60. The predicted molar refractivity (Wildman–Crippen MR) is 80.8 cm³/mol. The number of benzene rings is 2. The first-order chi connectivity index (χ1) is 11.0. The summed E-state index contributed by atoms with van der Waals surface area (Å²) in [4.78, 5) is 10.9. The number of sulfone groups is 1. The number of amides is 1. The maximum absolute atomic E-state index is 12.6. The van der Waals surface area contributed by atoms with E-state index in [0.29, 0.717) is 12.1 Å². The number of nitrogens with one attached hydrogen (secondary N) is 1. The van der Waals surface area contributed by atoms with Crippen LogP contribution in [0.4, 0.5) is 18.9 Å². The van der Waals surface area contributed by atoms with E-state index in [-0.39, 0.29) is 22.0 Å². The van der Waals surface area contributed by atoms with Gasteiger partial charge in [0.25, 0.3) is 15.7 Å². The van der Waals surface area contributed by atoms with E-state index >= 15 is 0 Å². The third-order valence-electron chi connectivity index (χ3n) is 2.89. The molecule has 2 aromatic rings. The number of alkyl halides is 3.